The van der Waals surface area contributed by atoms with Gasteiger partial charge in [0.25, 0.3) is 5.56 Å². The fourth-order valence-corrected chi connectivity index (χ4v) is 1.96. The summed E-state index contributed by atoms with van der Waals surface area (Å²) in [4.78, 5) is 11.9. The average Bonchev–Trinajstić information content (AvgIpc) is 2.34. The van der Waals surface area contributed by atoms with Crippen LogP contribution < -0.4 is 10.9 Å². The van der Waals surface area contributed by atoms with Crippen LogP contribution in [0.25, 0.3) is 0 Å². The number of hydrogen-bond acceptors (Lipinski definition) is 4. The van der Waals surface area contributed by atoms with E-state index >= 15 is 0 Å². The number of aliphatic hydroxyl groups is 1. The van der Waals surface area contributed by atoms with Crippen LogP contribution in [0.5, 0.6) is 0 Å². The van der Waals surface area contributed by atoms with Crippen molar-refractivity contribution in [1.29, 1.82) is 0 Å². The maximum absolute atomic E-state index is 11.9. The molecule has 0 bridgehead atoms. The Kier molecular flexibility index (Phi) is 5.58. The van der Waals surface area contributed by atoms with E-state index in [-0.39, 0.29) is 24.1 Å². The maximum atomic E-state index is 11.9. The van der Waals surface area contributed by atoms with Crippen molar-refractivity contribution in [3.05, 3.63) is 21.0 Å². The number of rotatable bonds is 6. The van der Waals surface area contributed by atoms with Gasteiger partial charge in [-0.25, -0.2) is 4.68 Å². The Morgan fingerprint density at radius 1 is 1.63 bits per heavy atom. The first-order chi connectivity index (χ1) is 8.91. The fourth-order valence-electron chi connectivity index (χ4n) is 1.51. The third kappa shape index (κ3) is 4.37. The molecule has 1 aromatic heterocycles. The summed E-state index contributed by atoms with van der Waals surface area (Å²) in [5.74, 6) is 2.38. The Hall–Kier alpha value is -1.32. The van der Waals surface area contributed by atoms with Crippen molar-refractivity contribution in [1.82, 2.24) is 9.78 Å². The summed E-state index contributed by atoms with van der Waals surface area (Å²) in [6.45, 7) is 4.99. The topological polar surface area (TPSA) is 67.2 Å². The van der Waals surface area contributed by atoms with Gasteiger partial charge in [0, 0.05) is 13.2 Å². The van der Waals surface area contributed by atoms with Crippen LogP contribution in [0.1, 0.15) is 20.3 Å². The third-order valence-corrected chi connectivity index (χ3v) is 3.54. The van der Waals surface area contributed by atoms with Gasteiger partial charge in [0.05, 0.1) is 11.9 Å². The minimum Gasteiger partial charge on any atom is -0.396 e. The summed E-state index contributed by atoms with van der Waals surface area (Å²) in [5, 5.41) is 16.1. The average molecular weight is 328 g/mol. The number of anilines is 1. The second-order valence-corrected chi connectivity index (χ2v) is 5.82. The quantitative estimate of drug-likeness (QED) is 0.776. The highest BCUT2D eigenvalue weighted by atomic mass is 79.9. The summed E-state index contributed by atoms with van der Waals surface area (Å²) in [6, 6.07) is 0. The molecule has 0 unspecified atom stereocenters. The van der Waals surface area contributed by atoms with Gasteiger partial charge in [-0.1, -0.05) is 19.8 Å². The minimum absolute atomic E-state index is 0.0676. The molecular formula is C13H18BrN3O2. The first kappa shape index (κ1) is 15.7. The van der Waals surface area contributed by atoms with Gasteiger partial charge >= 0.3 is 0 Å². The summed E-state index contributed by atoms with van der Waals surface area (Å²) in [6.07, 6.45) is 7.41. The van der Waals surface area contributed by atoms with E-state index in [1.54, 1.807) is 6.20 Å². The van der Waals surface area contributed by atoms with Crippen molar-refractivity contribution in [2.75, 3.05) is 18.5 Å². The van der Waals surface area contributed by atoms with E-state index in [1.165, 1.54) is 4.68 Å². The number of terminal acetylenes is 1. The highest BCUT2D eigenvalue weighted by Gasteiger charge is 2.18. The Bertz CT molecular complexity index is 532. The van der Waals surface area contributed by atoms with Crippen molar-refractivity contribution in [2.24, 2.45) is 5.41 Å². The normalized spacial score (nSPS) is 11.1. The highest BCUT2D eigenvalue weighted by Crippen LogP contribution is 2.22. The number of aromatic nitrogens is 2. The molecule has 0 fully saturated rings. The van der Waals surface area contributed by atoms with Crippen LogP contribution in [0.3, 0.4) is 0 Å². The third-order valence-electron chi connectivity index (χ3n) is 2.77. The summed E-state index contributed by atoms with van der Waals surface area (Å²) in [7, 11) is 0. The zero-order valence-corrected chi connectivity index (χ0v) is 12.7. The van der Waals surface area contributed by atoms with Crippen molar-refractivity contribution in [3.63, 3.8) is 0 Å². The zero-order chi connectivity index (χ0) is 14.5. The number of halogens is 1. The molecule has 2 N–H and O–H groups in total. The lowest BCUT2D eigenvalue weighted by Crippen LogP contribution is -2.27. The van der Waals surface area contributed by atoms with E-state index in [0.29, 0.717) is 23.1 Å². The first-order valence-corrected chi connectivity index (χ1v) is 6.74. The molecule has 1 heterocycles. The summed E-state index contributed by atoms with van der Waals surface area (Å²) < 4.78 is 1.63. The molecule has 0 aliphatic rings. The van der Waals surface area contributed by atoms with Crippen molar-refractivity contribution < 1.29 is 5.11 Å². The van der Waals surface area contributed by atoms with Crippen LogP contribution in [0.4, 0.5) is 5.69 Å². The maximum Gasteiger partial charge on any atom is 0.284 e. The van der Waals surface area contributed by atoms with E-state index in [9.17, 15) is 4.79 Å². The van der Waals surface area contributed by atoms with Gasteiger partial charge in [-0.3, -0.25) is 4.79 Å². The standard InChI is InChI=1S/C13H18BrN3O2/c1-4-6-17-12(19)11(14)10(8-16-17)15-9-13(2,3)5-7-18/h1,8,15,18H,5-7,9H2,2-3H3. The van der Waals surface area contributed by atoms with Gasteiger partial charge in [-0.05, 0) is 27.8 Å². The molecule has 0 radical (unpaired) electrons. The molecular weight excluding hydrogens is 310 g/mol. The van der Waals surface area contributed by atoms with Gasteiger partial charge in [0.1, 0.15) is 11.0 Å². The SMILES string of the molecule is C#CCn1ncc(NCC(C)(C)CCO)c(Br)c1=O. The van der Waals surface area contributed by atoms with Gasteiger partial charge in [-0.15, -0.1) is 6.42 Å². The van der Waals surface area contributed by atoms with Gasteiger partial charge in [-0.2, -0.15) is 5.10 Å². The van der Waals surface area contributed by atoms with E-state index in [1.807, 2.05) is 13.8 Å². The van der Waals surface area contributed by atoms with Crippen LogP contribution in [-0.2, 0) is 6.54 Å². The van der Waals surface area contributed by atoms with Crippen LogP contribution >= 0.6 is 15.9 Å². The molecule has 1 rings (SSSR count). The van der Waals surface area contributed by atoms with Crippen molar-refractivity contribution >= 4 is 21.6 Å². The van der Waals surface area contributed by atoms with Crippen LogP contribution in [0.2, 0.25) is 0 Å². The van der Waals surface area contributed by atoms with Crippen molar-refractivity contribution in [3.8, 4) is 12.3 Å². The van der Waals surface area contributed by atoms with Gasteiger partial charge in [0.2, 0.25) is 0 Å². The Morgan fingerprint density at radius 3 is 2.89 bits per heavy atom. The number of nitrogens with one attached hydrogen (secondary N) is 1. The van der Waals surface area contributed by atoms with E-state index in [2.05, 4.69) is 32.3 Å². The first-order valence-electron chi connectivity index (χ1n) is 5.95. The Labute approximate surface area is 121 Å². The minimum atomic E-state index is -0.261. The molecule has 0 aliphatic carbocycles. The smallest absolute Gasteiger partial charge is 0.284 e. The van der Waals surface area contributed by atoms with E-state index in [4.69, 9.17) is 11.5 Å². The molecule has 0 spiro atoms. The number of hydrogen-bond donors (Lipinski definition) is 2. The monoisotopic (exact) mass is 327 g/mol. The lowest BCUT2D eigenvalue weighted by molar-refractivity contribution is 0.220. The van der Waals surface area contributed by atoms with Gasteiger partial charge in [0.15, 0.2) is 0 Å². The molecule has 0 saturated carbocycles. The fraction of sp³-hybridized carbons (Fsp3) is 0.538. The predicted molar refractivity (Wildman–Crippen MR) is 79.0 cm³/mol. The molecule has 1 aromatic rings. The number of nitrogens with zero attached hydrogens (tertiary/aromatic N) is 2. The molecule has 0 amide bonds. The molecule has 104 valence electrons. The zero-order valence-electron chi connectivity index (χ0n) is 11.1. The van der Waals surface area contributed by atoms with Crippen LogP contribution in [-0.4, -0.2) is 28.0 Å². The van der Waals surface area contributed by atoms with E-state index in [0.717, 1.165) is 0 Å². The largest absolute Gasteiger partial charge is 0.396 e. The second kappa shape index (κ2) is 6.73. The molecule has 6 heteroatoms. The number of aliphatic hydroxyl groups excluding tert-OH is 1. The molecule has 0 saturated heterocycles. The molecule has 19 heavy (non-hydrogen) atoms. The molecule has 5 nitrogen and oxygen atoms in total. The van der Waals surface area contributed by atoms with Gasteiger partial charge < -0.3 is 10.4 Å². The summed E-state index contributed by atoms with van der Waals surface area (Å²) >= 11 is 3.25. The van der Waals surface area contributed by atoms with Crippen LogP contribution in [0, 0.1) is 17.8 Å². The van der Waals surface area contributed by atoms with Crippen molar-refractivity contribution in [2.45, 2.75) is 26.8 Å². The highest BCUT2D eigenvalue weighted by molar-refractivity contribution is 9.10. The Morgan fingerprint density at radius 2 is 2.32 bits per heavy atom. The molecule has 0 atom stereocenters. The molecule has 0 aromatic carbocycles. The summed E-state index contributed by atoms with van der Waals surface area (Å²) in [5.41, 5.74) is 0.300. The Balaban J connectivity index is 2.84. The van der Waals surface area contributed by atoms with E-state index < -0.39 is 0 Å². The van der Waals surface area contributed by atoms with Crippen LogP contribution in [0.15, 0.2) is 15.5 Å². The molecule has 0 aliphatic heterocycles. The predicted octanol–water partition coefficient (Wildman–Crippen LogP) is 1.46. The lowest BCUT2D eigenvalue weighted by Gasteiger charge is -2.24. The second-order valence-electron chi connectivity index (χ2n) is 5.03. The lowest BCUT2D eigenvalue weighted by atomic mass is 9.90.